The molecule has 0 radical (unpaired) electrons. The third kappa shape index (κ3) is 5.39. The van der Waals surface area contributed by atoms with Gasteiger partial charge in [0.2, 0.25) is 5.91 Å². The molecule has 5 heteroatoms. The lowest BCUT2D eigenvalue weighted by Gasteiger charge is -2.42. The van der Waals surface area contributed by atoms with Gasteiger partial charge in [0.15, 0.2) is 0 Å². The molecule has 1 saturated carbocycles. The van der Waals surface area contributed by atoms with Crippen LogP contribution in [-0.2, 0) is 15.0 Å². The maximum absolute atomic E-state index is 12.9. The molecule has 1 aliphatic heterocycles. The number of nitrogens with zero attached hydrogens (tertiary/aromatic N) is 1. The van der Waals surface area contributed by atoms with Gasteiger partial charge in [-0.15, -0.1) is 0 Å². The maximum atomic E-state index is 12.9. The summed E-state index contributed by atoms with van der Waals surface area (Å²) in [5, 5.41) is 9.81. The second kappa shape index (κ2) is 9.21. The predicted molar refractivity (Wildman–Crippen MR) is 130 cm³/mol. The zero-order chi connectivity index (χ0) is 23.8. The van der Waals surface area contributed by atoms with E-state index >= 15 is 0 Å². The first-order valence-corrected chi connectivity index (χ1v) is 12.2. The number of carboxylic acids is 1. The Morgan fingerprint density at radius 2 is 1.94 bits per heavy atom. The molecular weight excluding hydrogens is 422 g/mol. The summed E-state index contributed by atoms with van der Waals surface area (Å²) in [5.41, 5.74) is 3.35. The summed E-state index contributed by atoms with van der Waals surface area (Å²) in [4.78, 5) is 25.4. The lowest BCUT2D eigenvalue weighted by molar-refractivity contribution is -0.138. The van der Waals surface area contributed by atoms with Crippen LogP contribution in [-0.4, -0.2) is 28.4 Å². The van der Waals surface area contributed by atoms with Crippen LogP contribution < -0.4 is 0 Å². The molecule has 0 bridgehead atoms. The lowest BCUT2D eigenvalue weighted by atomic mass is 9.65. The Kier molecular flexibility index (Phi) is 7.14. The number of carbonyl (C=O) groups excluding carboxylic acids is 1. The van der Waals surface area contributed by atoms with Gasteiger partial charge in [0.25, 0.3) is 0 Å². The average molecular weight is 460 g/mol. The lowest BCUT2D eigenvalue weighted by Crippen LogP contribution is -2.42. The summed E-state index contributed by atoms with van der Waals surface area (Å²) in [7, 11) is 0. The molecule has 1 N–H and O–H groups in total. The van der Waals surface area contributed by atoms with Gasteiger partial charge in [0, 0.05) is 29.6 Å². The van der Waals surface area contributed by atoms with Crippen molar-refractivity contribution in [2.75, 3.05) is 6.54 Å². The Hall–Kier alpha value is -1.81. The van der Waals surface area contributed by atoms with Gasteiger partial charge < -0.3 is 10.0 Å². The van der Waals surface area contributed by atoms with Crippen LogP contribution in [0.1, 0.15) is 90.7 Å². The number of halogens is 1. The van der Waals surface area contributed by atoms with Crippen molar-refractivity contribution in [1.29, 1.82) is 0 Å². The molecule has 176 valence electrons. The number of hydrogen-bond acceptors (Lipinski definition) is 2. The number of benzene rings is 1. The molecule has 4 nitrogen and oxygen atoms in total. The summed E-state index contributed by atoms with van der Waals surface area (Å²) in [6.07, 6.45) is 5.79. The topological polar surface area (TPSA) is 57.6 Å². The predicted octanol–water partition coefficient (Wildman–Crippen LogP) is 6.77. The van der Waals surface area contributed by atoms with Crippen molar-refractivity contribution in [3.8, 4) is 0 Å². The van der Waals surface area contributed by atoms with Gasteiger partial charge in [-0.3, -0.25) is 9.59 Å². The third-order valence-corrected chi connectivity index (χ3v) is 7.49. The smallest absolute Gasteiger partial charge is 0.305 e. The van der Waals surface area contributed by atoms with Crippen molar-refractivity contribution >= 4 is 23.5 Å². The van der Waals surface area contributed by atoms with Crippen LogP contribution in [0.4, 0.5) is 0 Å². The highest BCUT2D eigenvalue weighted by Crippen LogP contribution is 2.50. The minimum Gasteiger partial charge on any atom is -0.481 e. The molecule has 1 amide bonds. The van der Waals surface area contributed by atoms with Gasteiger partial charge in [-0.25, -0.2) is 0 Å². The number of carbonyl (C=O) groups is 2. The van der Waals surface area contributed by atoms with Crippen molar-refractivity contribution in [3.05, 3.63) is 46.1 Å². The Balaban J connectivity index is 1.82. The highest BCUT2D eigenvalue weighted by atomic mass is 35.5. The molecule has 1 aromatic carbocycles. The Morgan fingerprint density at radius 3 is 2.47 bits per heavy atom. The molecule has 2 aliphatic rings. The summed E-state index contributed by atoms with van der Waals surface area (Å²) in [6.45, 7) is 13.5. The summed E-state index contributed by atoms with van der Waals surface area (Å²) < 4.78 is 0. The fourth-order valence-corrected chi connectivity index (χ4v) is 5.91. The Bertz CT molecular complexity index is 908. The SMILES string of the molecule is CC(C)C1=CN(CCC(=O)O)C(=O)C[C@@]1(C)c1ccc(C2CC(CC(C)(C)C)C2)c(Cl)c1. The fourth-order valence-electron chi connectivity index (χ4n) is 5.57. The minimum absolute atomic E-state index is 0.0395. The van der Waals surface area contributed by atoms with E-state index in [4.69, 9.17) is 16.7 Å². The molecule has 1 aromatic rings. The van der Waals surface area contributed by atoms with E-state index in [2.05, 4.69) is 59.7 Å². The standard InChI is InChI=1S/C27H38ClNO3/c1-17(2)22-16-29(10-9-25(31)32)24(30)15-27(22,6)20-7-8-21(23(28)13-20)19-11-18(12-19)14-26(3,4)5/h7-8,13,16-19H,9-12,14-15H2,1-6H3,(H,31,32)/t18?,19?,27-/m0/s1. The molecule has 1 fully saturated rings. The molecule has 1 heterocycles. The summed E-state index contributed by atoms with van der Waals surface area (Å²) in [5.74, 6) is 0.590. The molecule has 0 saturated heterocycles. The fraction of sp³-hybridized carbons (Fsp3) is 0.630. The van der Waals surface area contributed by atoms with E-state index in [9.17, 15) is 9.59 Å². The van der Waals surface area contributed by atoms with Crippen molar-refractivity contribution < 1.29 is 14.7 Å². The third-order valence-electron chi connectivity index (χ3n) is 7.16. The molecule has 32 heavy (non-hydrogen) atoms. The number of carboxylic acid groups (broad SMARTS) is 1. The molecule has 3 rings (SSSR count). The van der Waals surface area contributed by atoms with Crippen LogP contribution in [0.5, 0.6) is 0 Å². The number of aliphatic carboxylic acids is 1. The van der Waals surface area contributed by atoms with E-state index in [0.29, 0.717) is 17.8 Å². The zero-order valence-corrected chi connectivity index (χ0v) is 21.1. The van der Waals surface area contributed by atoms with Crippen LogP contribution in [0.3, 0.4) is 0 Å². The van der Waals surface area contributed by atoms with E-state index in [0.717, 1.165) is 22.1 Å². The molecular formula is C27H38ClNO3. The number of amides is 1. The highest BCUT2D eigenvalue weighted by Gasteiger charge is 2.41. The second-order valence-electron chi connectivity index (χ2n) is 11.5. The monoisotopic (exact) mass is 459 g/mol. The Labute approximate surface area is 198 Å². The normalized spacial score (nSPS) is 26.2. The van der Waals surface area contributed by atoms with Crippen LogP contribution in [0.15, 0.2) is 30.0 Å². The zero-order valence-electron chi connectivity index (χ0n) is 20.4. The van der Waals surface area contributed by atoms with Crippen LogP contribution in [0.25, 0.3) is 0 Å². The van der Waals surface area contributed by atoms with E-state index < -0.39 is 11.4 Å². The summed E-state index contributed by atoms with van der Waals surface area (Å²) >= 11 is 6.80. The van der Waals surface area contributed by atoms with Gasteiger partial charge >= 0.3 is 5.97 Å². The molecule has 0 spiro atoms. The van der Waals surface area contributed by atoms with Gasteiger partial charge in [-0.1, -0.05) is 65.3 Å². The van der Waals surface area contributed by atoms with E-state index in [1.54, 1.807) is 4.90 Å². The average Bonchev–Trinajstić information content (AvgIpc) is 2.62. The van der Waals surface area contributed by atoms with Crippen molar-refractivity contribution in [1.82, 2.24) is 4.90 Å². The number of allylic oxidation sites excluding steroid dienone is 1. The number of hydrogen-bond donors (Lipinski definition) is 1. The quantitative estimate of drug-likeness (QED) is 0.489. The molecule has 1 aliphatic carbocycles. The van der Waals surface area contributed by atoms with Crippen LogP contribution in [0.2, 0.25) is 5.02 Å². The molecule has 0 aromatic heterocycles. The summed E-state index contributed by atoms with van der Waals surface area (Å²) in [6, 6.07) is 6.37. The highest BCUT2D eigenvalue weighted by molar-refractivity contribution is 6.31. The van der Waals surface area contributed by atoms with E-state index in [1.807, 2.05) is 6.20 Å². The van der Waals surface area contributed by atoms with Crippen LogP contribution in [0, 0.1) is 17.3 Å². The second-order valence-corrected chi connectivity index (χ2v) is 11.9. The van der Waals surface area contributed by atoms with Gasteiger partial charge in [-0.2, -0.15) is 0 Å². The van der Waals surface area contributed by atoms with Gasteiger partial charge in [0.1, 0.15) is 0 Å². The molecule has 1 atom stereocenters. The van der Waals surface area contributed by atoms with Crippen molar-refractivity contribution in [3.63, 3.8) is 0 Å². The molecule has 0 unspecified atom stereocenters. The van der Waals surface area contributed by atoms with E-state index in [-0.39, 0.29) is 24.8 Å². The van der Waals surface area contributed by atoms with Gasteiger partial charge in [0.05, 0.1) is 6.42 Å². The number of rotatable bonds is 7. The first kappa shape index (κ1) is 24.8. The van der Waals surface area contributed by atoms with Crippen LogP contribution >= 0.6 is 11.6 Å². The first-order chi connectivity index (χ1) is 14.8. The minimum atomic E-state index is -0.895. The van der Waals surface area contributed by atoms with Crippen molar-refractivity contribution in [2.45, 2.75) is 85.0 Å². The Morgan fingerprint density at radius 1 is 1.28 bits per heavy atom. The van der Waals surface area contributed by atoms with Crippen molar-refractivity contribution in [2.24, 2.45) is 17.3 Å². The maximum Gasteiger partial charge on any atom is 0.305 e. The first-order valence-electron chi connectivity index (χ1n) is 11.8. The van der Waals surface area contributed by atoms with Gasteiger partial charge in [-0.05, 0) is 65.2 Å². The largest absolute Gasteiger partial charge is 0.481 e. The van der Waals surface area contributed by atoms with E-state index in [1.165, 1.54) is 24.8 Å².